The lowest BCUT2D eigenvalue weighted by Gasteiger charge is -2.36. The number of pyridine rings is 3. The maximum absolute atomic E-state index is 13.8. The summed E-state index contributed by atoms with van der Waals surface area (Å²) in [6.07, 6.45) is 0. The quantitative estimate of drug-likeness (QED) is 0.0519. The monoisotopic (exact) mass is 2060 g/mol. The van der Waals surface area contributed by atoms with Crippen molar-refractivity contribution in [3.8, 4) is 127 Å². The number of carbonyl (C=O) groups is 3. The van der Waals surface area contributed by atoms with Gasteiger partial charge in [0.2, 0.25) is 0 Å². The number of nitrogens with one attached hydrogen (secondary N) is 1. The predicted octanol–water partition coefficient (Wildman–Crippen LogP) is 24.4. The van der Waals surface area contributed by atoms with Crippen molar-refractivity contribution in [1.29, 1.82) is 26.3 Å². The Kier molecular flexibility index (Phi) is 36.8. The normalized spacial score (nSPS) is 12.2. The van der Waals surface area contributed by atoms with Crippen LogP contribution in [0, 0.1) is 56.7 Å². The summed E-state index contributed by atoms with van der Waals surface area (Å²) in [6, 6.07) is 137. The molecular weight excluding hydrogens is 1970 g/mol. The first-order chi connectivity index (χ1) is 71.9. The van der Waals surface area contributed by atoms with E-state index in [1.165, 1.54) is 6.07 Å². The molecule has 3 aliphatic rings. The van der Waals surface area contributed by atoms with Crippen LogP contribution in [0.3, 0.4) is 0 Å². The summed E-state index contributed by atoms with van der Waals surface area (Å²) in [7, 11) is 0. The van der Waals surface area contributed by atoms with Gasteiger partial charge in [-0.1, -0.05) is 305 Å². The summed E-state index contributed by atoms with van der Waals surface area (Å²) in [5.74, 6) is 0.840. The molecule has 0 spiro atoms. The molecule has 726 valence electrons. The minimum Gasteiger partial charge on any atom is -0.507 e. The Morgan fingerprint density at radius 2 is 0.524 bits per heavy atom. The Bertz CT molecular complexity index is 7380. The van der Waals surface area contributed by atoms with Gasteiger partial charge >= 0.3 is 5.97 Å². The number of carbonyl (C=O) groups excluding carboxylic acids is 2. The van der Waals surface area contributed by atoms with E-state index in [-0.39, 0.29) is 40.0 Å². The molecule has 147 heavy (non-hydrogen) atoms. The van der Waals surface area contributed by atoms with Gasteiger partial charge in [-0.15, -0.1) is 0 Å². The zero-order valence-corrected chi connectivity index (χ0v) is 83.2. The molecule has 4 N–H and O–H groups in total. The molecule has 3 saturated heterocycles. The Morgan fingerprint density at radius 3 is 0.816 bits per heavy atom. The van der Waals surface area contributed by atoms with Crippen LogP contribution in [0.1, 0.15) is 75.6 Å². The highest BCUT2D eigenvalue weighted by Gasteiger charge is 2.28. The number of ether oxygens (including phenoxy) is 3. The third kappa shape index (κ3) is 29.0. The van der Waals surface area contributed by atoms with Gasteiger partial charge in [-0.2, -0.15) is 26.3 Å². The lowest BCUT2D eigenvalue weighted by Crippen LogP contribution is -2.48. The number of halogens is 2. The van der Waals surface area contributed by atoms with Crippen LogP contribution in [-0.4, -0.2) is 136 Å². The smallest absolute Gasteiger partial charge is 0.335 e. The van der Waals surface area contributed by atoms with Crippen LogP contribution in [0.4, 0.5) is 17.1 Å². The number of aromatic hydroxyl groups is 2. The van der Waals surface area contributed by atoms with Gasteiger partial charge in [0.05, 0.1) is 67.5 Å². The number of aromatic carboxylic acids is 1. The number of phenolic OH excluding ortho intramolecular Hbond substituents is 2. The Hall–Kier alpha value is -18.3. The predicted molar refractivity (Wildman–Crippen MR) is 580 cm³/mol. The van der Waals surface area contributed by atoms with E-state index in [0.717, 1.165) is 125 Å². The molecule has 0 unspecified atom stereocenters. The lowest BCUT2D eigenvalue weighted by molar-refractivity contribution is 0.0694. The fourth-order valence-electron chi connectivity index (χ4n) is 16.3. The lowest BCUT2D eigenvalue weighted by atomic mass is 10.0. The topological polar surface area (TPSA) is 325 Å². The number of aromatic nitrogens is 3. The molecule has 3 aliphatic heterocycles. The van der Waals surface area contributed by atoms with E-state index in [0.29, 0.717) is 129 Å². The van der Waals surface area contributed by atoms with Crippen molar-refractivity contribution in [1.82, 2.24) is 30.1 Å². The summed E-state index contributed by atoms with van der Waals surface area (Å²) >= 11 is 6.50. The summed E-state index contributed by atoms with van der Waals surface area (Å²) in [4.78, 5) is 63.4. The molecule has 23 nitrogen and oxygen atoms in total. The van der Waals surface area contributed by atoms with Gasteiger partial charge in [0, 0.05) is 149 Å². The average molecular weight is 2070 g/mol. The Labute approximate surface area is 871 Å². The van der Waals surface area contributed by atoms with Crippen molar-refractivity contribution >= 4 is 66.7 Å². The summed E-state index contributed by atoms with van der Waals surface area (Å²) in [6.45, 7) is 10.2. The molecular formula is C122H100Br2N14O9. The second-order valence-electron chi connectivity index (χ2n) is 33.9. The summed E-state index contributed by atoms with van der Waals surface area (Å²) in [5, 5.41) is 77.2. The van der Waals surface area contributed by atoms with Crippen LogP contribution in [0.15, 0.2) is 409 Å². The number of carboxylic acids is 1. The number of hydrogen-bond acceptors (Lipinski definition) is 20. The zero-order valence-electron chi connectivity index (χ0n) is 80.1. The standard InChI is InChI=1S/C36H30N4O2.C29H24N4O2.C18H19N3O.C18H13NO2.C14H10BrNO.C7H4BrNO/c37-25-31-22-32(16-17-35(31)42-26-27-10-4-1-5-11-27)39-18-20-40(21-19-39)36(41)30-23-33(28-12-6-2-7-13-28)38-34(24-30)29-14-8-3-9-15-29;30-20-24-17-25(11-12-28(24)34)32-13-15-33(16-14-32)29(35)23-18-26(21-7-3-1-4-8-21)31-27(19-23)22-9-5-2-6-10-22;19-13-16-12-17(21-10-8-20-9-11-21)6-7-18(16)22-14-15-4-2-1-3-5-15;20-18(21)15-11-16(13-7-3-1-4-8-13)19-17(12-15)14-9-5-2-6-10-14;15-13-6-7-14(12(8-13)9-16)17-10-11-4-2-1-3-5-11;8-6-1-2-7(10)5(3-6)4-9/h1-17,22-24H,18-21,26H2;1-12,17-19,34H,13-16H2;1-7,12,20H,8-11,14H2;1-12H,(H,20,21);1-8H,10H2;1-3,10H. The molecule has 25 heteroatoms. The van der Waals surface area contributed by atoms with Crippen LogP contribution in [-0.2, 0) is 19.8 Å². The van der Waals surface area contributed by atoms with E-state index in [1.807, 2.05) is 362 Å². The van der Waals surface area contributed by atoms with Crippen LogP contribution < -0.4 is 34.2 Å². The average Bonchev–Trinajstić information content (AvgIpc) is 0.798. The third-order valence-electron chi connectivity index (χ3n) is 24.1. The van der Waals surface area contributed by atoms with E-state index >= 15 is 0 Å². The molecule has 17 aromatic rings. The van der Waals surface area contributed by atoms with Crippen molar-refractivity contribution in [3.05, 3.63) is 471 Å². The van der Waals surface area contributed by atoms with Gasteiger partial charge in [-0.05, 0) is 144 Å². The van der Waals surface area contributed by atoms with Crippen molar-refractivity contribution in [2.24, 2.45) is 0 Å². The number of nitriles is 5. The second-order valence-corrected chi connectivity index (χ2v) is 35.8. The fraction of sp³-hybridized carbons (Fsp3) is 0.123. The first-order valence-corrected chi connectivity index (χ1v) is 49.1. The molecule has 3 fully saturated rings. The number of carboxylic acid groups (broad SMARTS) is 1. The van der Waals surface area contributed by atoms with Crippen LogP contribution in [0.25, 0.3) is 67.5 Å². The largest absolute Gasteiger partial charge is 0.507 e. The molecule has 0 saturated carbocycles. The van der Waals surface area contributed by atoms with Crippen molar-refractivity contribution in [2.45, 2.75) is 19.8 Å². The highest BCUT2D eigenvalue weighted by molar-refractivity contribution is 9.10. The molecule has 0 atom stereocenters. The Morgan fingerprint density at radius 1 is 0.286 bits per heavy atom. The van der Waals surface area contributed by atoms with E-state index in [1.54, 1.807) is 54.6 Å². The number of hydrogen-bond donors (Lipinski definition) is 4. The van der Waals surface area contributed by atoms with Crippen LogP contribution in [0.2, 0.25) is 0 Å². The number of piperazine rings is 3. The van der Waals surface area contributed by atoms with Crippen molar-refractivity contribution < 1.29 is 43.9 Å². The van der Waals surface area contributed by atoms with Crippen LogP contribution in [0.5, 0.6) is 28.7 Å². The molecule has 0 radical (unpaired) electrons. The first-order valence-electron chi connectivity index (χ1n) is 47.5. The fourth-order valence-corrected chi connectivity index (χ4v) is 17.0. The number of phenols is 2. The highest BCUT2D eigenvalue weighted by atomic mass is 79.9. The zero-order chi connectivity index (χ0) is 102. The Balaban J connectivity index is 0.000000139. The molecule has 0 aliphatic carbocycles. The number of nitrogens with zero attached hydrogens (tertiary/aromatic N) is 13. The first kappa shape index (κ1) is 103. The SMILES string of the molecule is N#Cc1cc(Br)ccc1O.N#Cc1cc(Br)ccc1OCc1ccccc1.N#Cc1cc(N2CCN(C(=O)c3cc(-c4ccccc4)nc(-c4ccccc4)c3)CC2)ccc1O.N#Cc1cc(N2CCN(C(=O)c3cc(-c4ccccc4)nc(-c4ccccc4)c3)CC2)ccc1OCc1ccccc1.N#Cc1cc(N2CCNCC2)ccc1OCc1ccccc1.O=C(O)c1cc(-c2ccccc2)nc(-c2ccccc2)c1. The molecule has 6 heterocycles. The summed E-state index contributed by atoms with van der Waals surface area (Å²) in [5.41, 5.74) is 19.9. The van der Waals surface area contributed by atoms with Gasteiger partial charge in [0.15, 0.2) is 0 Å². The number of amides is 2. The minimum atomic E-state index is -0.952. The van der Waals surface area contributed by atoms with Gasteiger partial charge in [-0.3, -0.25) is 9.59 Å². The van der Waals surface area contributed by atoms with Gasteiger partial charge < -0.3 is 59.3 Å². The maximum Gasteiger partial charge on any atom is 0.335 e. The number of benzene rings is 14. The molecule has 2 amide bonds. The number of anilines is 3. The van der Waals surface area contributed by atoms with Gasteiger partial charge in [0.25, 0.3) is 11.8 Å². The van der Waals surface area contributed by atoms with E-state index in [9.17, 15) is 40.4 Å². The second kappa shape index (κ2) is 52.5. The van der Waals surface area contributed by atoms with Gasteiger partial charge in [-0.25, -0.2) is 19.7 Å². The molecule has 20 rings (SSSR count). The van der Waals surface area contributed by atoms with Crippen molar-refractivity contribution in [3.63, 3.8) is 0 Å². The van der Waals surface area contributed by atoms with Crippen LogP contribution >= 0.6 is 31.9 Å². The minimum absolute atomic E-state index is 0.00575. The van der Waals surface area contributed by atoms with E-state index in [2.05, 4.69) is 75.1 Å². The third-order valence-corrected chi connectivity index (χ3v) is 25.1. The highest BCUT2D eigenvalue weighted by Crippen LogP contribution is 2.35. The molecule has 3 aromatic heterocycles. The van der Waals surface area contributed by atoms with E-state index < -0.39 is 5.97 Å². The van der Waals surface area contributed by atoms with Crippen molar-refractivity contribution in [2.75, 3.05) is 93.2 Å². The maximum atomic E-state index is 13.8. The van der Waals surface area contributed by atoms with E-state index in [4.69, 9.17) is 39.8 Å². The molecule has 14 aromatic carbocycles. The van der Waals surface area contributed by atoms with Gasteiger partial charge in [0.1, 0.15) is 78.9 Å². The molecule has 0 bridgehead atoms. The number of rotatable bonds is 21. The summed E-state index contributed by atoms with van der Waals surface area (Å²) < 4.78 is 19.0.